The van der Waals surface area contributed by atoms with Crippen LogP contribution in [0.25, 0.3) is 0 Å². The molecule has 0 fully saturated rings. The van der Waals surface area contributed by atoms with Gasteiger partial charge in [-0.1, -0.05) is 6.07 Å². The molecule has 0 spiro atoms. The molecule has 0 aromatic heterocycles. The molecule has 1 aromatic rings. The minimum atomic E-state index is -0.241. The molecule has 2 amide bonds. The van der Waals surface area contributed by atoms with Crippen LogP contribution in [0, 0.1) is 0 Å². The second kappa shape index (κ2) is 2.83. The van der Waals surface area contributed by atoms with Gasteiger partial charge in [-0.2, -0.15) is 0 Å². The largest absolute Gasteiger partial charge is 0.387 e. The van der Waals surface area contributed by atoms with Crippen LogP contribution in [-0.4, -0.2) is 30.8 Å². The molecule has 72 valence electrons. The number of nitrogens with one attached hydrogen (secondary N) is 1. The molecule has 4 heteroatoms. The maximum Gasteiger partial charge on any atom is 0.263 e. The average Bonchev–Trinajstić information content (AvgIpc) is 2.44. The predicted molar refractivity (Wildman–Crippen MR) is 52.4 cm³/mol. The average molecular weight is 190 g/mol. The highest BCUT2D eigenvalue weighted by Gasteiger charge is 2.34. The van der Waals surface area contributed by atoms with Crippen LogP contribution in [0.15, 0.2) is 18.2 Å². The molecule has 0 atom stereocenters. The Morgan fingerprint density at radius 3 is 2.57 bits per heavy atom. The maximum atomic E-state index is 11.7. The van der Waals surface area contributed by atoms with E-state index in [2.05, 4.69) is 5.32 Å². The van der Waals surface area contributed by atoms with Gasteiger partial charge in [-0.3, -0.25) is 14.5 Å². The van der Waals surface area contributed by atoms with E-state index in [-0.39, 0.29) is 11.8 Å². The van der Waals surface area contributed by atoms with Crippen molar-refractivity contribution in [2.24, 2.45) is 0 Å². The monoisotopic (exact) mass is 190 g/mol. The number of carbonyl (C=O) groups is 2. The Labute approximate surface area is 81.5 Å². The quantitative estimate of drug-likeness (QED) is 0.671. The van der Waals surface area contributed by atoms with Crippen molar-refractivity contribution < 1.29 is 9.59 Å². The summed E-state index contributed by atoms with van der Waals surface area (Å²) in [4.78, 5) is 24.3. The molecule has 0 saturated carbocycles. The summed E-state index contributed by atoms with van der Waals surface area (Å²) in [6.45, 7) is 0. The molecular weight excluding hydrogens is 180 g/mol. The first kappa shape index (κ1) is 8.74. The van der Waals surface area contributed by atoms with E-state index in [1.54, 1.807) is 25.2 Å². The van der Waals surface area contributed by atoms with E-state index >= 15 is 0 Å². The minimum Gasteiger partial charge on any atom is -0.387 e. The van der Waals surface area contributed by atoms with E-state index in [1.165, 1.54) is 7.05 Å². The van der Waals surface area contributed by atoms with Crippen LogP contribution in [0.2, 0.25) is 0 Å². The number of imide groups is 1. The third kappa shape index (κ3) is 0.937. The van der Waals surface area contributed by atoms with Crippen molar-refractivity contribution >= 4 is 17.5 Å². The Morgan fingerprint density at radius 1 is 1.21 bits per heavy atom. The fourth-order valence-corrected chi connectivity index (χ4v) is 1.61. The second-order valence-electron chi connectivity index (χ2n) is 3.15. The van der Waals surface area contributed by atoms with Gasteiger partial charge in [0, 0.05) is 19.8 Å². The van der Waals surface area contributed by atoms with Crippen molar-refractivity contribution in [2.45, 2.75) is 0 Å². The van der Waals surface area contributed by atoms with E-state index in [1.807, 2.05) is 0 Å². The highest BCUT2D eigenvalue weighted by molar-refractivity contribution is 6.23. The molecular formula is C10H10N2O2. The minimum absolute atomic E-state index is 0.234. The first-order valence-corrected chi connectivity index (χ1v) is 4.30. The zero-order chi connectivity index (χ0) is 10.3. The third-order valence-electron chi connectivity index (χ3n) is 2.39. The summed E-state index contributed by atoms with van der Waals surface area (Å²) in [5, 5.41) is 2.90. The van der Waals surface area contributed by atoms with Crippen molar-refractivity contribution in [1.29, 1.82) is 0 Å². The maximum absolute atomic E-state index is 11.7. The van der Waals surface area contributed by atoms with Gasteiger partial charge in [-0.15, -0.1) is 0 Å². The normalized spacial score (nSPS) is 14.6. The lowest BCUT2D eigenvalue weighted by Crippen LogP contribution is -2.24. The van der Waals surface area contributed by atoms with Crippen molar-refractivity contribution in [3.8, 4) is 0 Å². The number of nitrogens with zero attached hydrogens (tertiary/aromatic N) is 1. The zero-order valence-corrected chi connectivity index (χ0v) is 8.00. The van der Waals surface area contributed by atoms with E-state index < -0.39 is 0 Å². The lowest BCUT2D eigenvalue weighted by molar-refractivity contribution is 0.0693. The molecule has 1 aromatic carbocycles. The summed E-state index contributed by atoms with van der Waals surface area (Å²) >= 11 is 0. The molecule has 4 nitrogen and oxygen atoms in total. The van der Waals surface area contributed by atoms with Crippen molar-refractivity contribution in [1.82, 2.24) is 4.90 Å². The number of hydrogen-bond donors (Lipinski definition) is 1. The van der Waals surface area contributed by atoms with E-state index in [0.717, 1.165) is 4.90 Å². The van der Waals surface area contributed by atoms with E-state index in [0.29, 0.717) is 16.8 Å². The van der Waals surface area contributed by atoms with Gasteiger partial charge in [0.25, 0.3) is 11.8 Å². The van der Waals surface area contributed by atoms with Crippen molar-refractivity contribution in [3.05, 3.63) is 29.3 Å². The summed E-state index contributed by atoms with van der Waals surface area (Å²) in [5.41, 5.74) is 1.65. The van der Waals surface area contributed by atoms with Gasteiger partial charge in [0.2, 0.25) is 0 Å². The molecule has 1 N–H and O–H groups in total. The third-order valence-corrected chi connectivity index (χ3v) is 2.39. The standard InChI is InChI=1S/C10H10N2O2/c1-11-7-5-3-4-6-8(7)10(14)12(2)9(6)13/h3-5,11H,1-2H3. The summed E-state index contributed by atoms with van der Waals surface area (Å²) in [5.74, 6) is -0.475. The van der Waals surface area contributed by atoms with Gasteiger partial charge in [0.1, 0.15) is 0 Å². The van der Waals surface area contributed by atoms with Crippen molar-refractivity contribution in [2.75, 3.05) is 19.4 Å². The summed E-state index contributed by atoms with van der Waals surface area (Å²) in [6, 6.07) is 5.21. The number of carbonyl (C=O) groups excluding carboxylic acids is 2. The van der Waals surface area contributed by atoms with Crippen LogP contribution < -0.4 is 5.32 Å². The Morgan fingerprint density at radius 2 is 1.93 bits per heavy atom. The van der Waals surface area contributed by atoms with Gasteiger partial charge < -0.3 is 5.32 Å². The number of benzene rings is 1. The number of hydrogen-bond acceptors (Lipinski definition) is 3. The van der Waals surface area contributed by atoms with E-state index in [4.69, 9.17) is 0 Å². The molecule has 0 bridgehead atoms. The predicted octanol–water partition coefficient (Wildman–Crippen LogP) is 0.954. The highest BCUT2D eigenvalue weighted by Crippen LogP contribution is 2.27. The molecule has 1 heterocycles. The van der Waals surface area contributed by atoms with Crippen LogP contribution in [0.4, 0.5) is 5.69 Å². The Bertz CT molecular complexity index is 426. The Hall–Kier alpha value is -1.84. The van der Waals surface area contributed by atoms with Gasteiger partial charge in [-0.05, 0) is 12.1 Å². The first-order chi connectivity index (χ1) is 6.66. The fraction of sp³-hybridized carbons (Fsp3) is 0.200. The van der Waals surface area contributed by atoms with Crippen molar-refractivity contribution in [3.63, 3.8) is 0 Å². The highest BCUT2D eigenvalue weighted by atomic mass is 16.2. The summed E-state index contributed by atoms with van der Waals surface area (Å²) in [7, 11) is 3.22. The Balaban J connectivity index is 2.69. The lowest BCUT2D eigenvalue weighted by atomic mass is 10.1. The smallest absolute Gasteiger partial charge is 0.263 e. The SMILES string of the molecule is CNc1cccc2c1C(=O)N(C)C2=O. The topological polar surface area (TPSA) is 49.4 Å². The summed E-state index contributed by atoms with van der Waals surface area (Å²) < 4.78 is 0. The lowest BCUT2D eigenvalue weighted by Gasteiger charge is -2.05. The van der Waals surface area contributed by atoms with E-state index in [9.17, 15) is 9.59 Å². The molecule has 0 saturated heterocycles. The molecule has 1 aliphatic heterocycles. The second-order valence-corrected chi connectivity index (χ2v) is 3.15. The molecule has 2 rings (SSSR count). The van der Waals surface area contributed by atoms with Crippen LogP contribution in [0.1, 0.15) is 20.7 Å². The molecule has 0 radical (unpaired) electrons. The molecule has 0 aliphatic carbocycles. The van der Waals surface area contributed by atoms with Gasteiger partial charge >= 0.3 is 0 Å². The van der Waals surface area contributed by atoms with Crippen LogP contribution in [-0.2, 0) is 0 Å². The number of rotatable bonds is 1. The summed E-state index contributed by atoms with van der Waals surface area (Å²) in [6.07, 6.45) is 0. The van der Waals surface area contributed by atoms with Crippen LogP contribution >= 0.6 is 0 Å². The van der Waals surface area contributed by atoms with Gasteiger partial charge in [0.05, 0.1) is 11.1 Å². The zero-order valence-electron chi connectivity index (χ0n) is 8.00. The van der Waals surface area contributed by atoms with Gasteiger partial charge in [-0.25, -0.2) is 0 Å². The number of fused-ring (bicyclic) bond motifs is 1. The van der Waals surface area contributed by atoms with Gasteiger partial charge in [0.15, 0.2) is 0 Å². The van der Waals surface area contributed by atoms with Crippen LogP contribution in [0.5, 0.6) is 0 Å². The Kier molecular flexibility index (Phi) is 1.77. The first-order valence-electron chi connectivity index (χ1n) is 4.30. The fourth-order valence-electron chi connectivity index (χ4n) is 1.61. The number of anilines is 1. The number of amides is 2. The van der Waals surface area contributed by atoms with Crippen LogP contribution in [0.3, 0.4) is 0 Å². The molecule has 14 heavy (non-hydrogen) atoms. The molecule has 0 unspecified atom stereocenters. The molecule has 1 aliphatic rings.